The Labute approximate surface area is 147 Å². The molecule has 1 N–H and O–H groups in total. The van der Waals surface area contributed by atoms with E-state index in [0.29, 0.717) is 5.75 Å². The van der Waals surface area contributed by atoms with Gasteiger partial charge in [0.2, 0.25) is 5.91 Å². The number of aromatic nitrogens is 1. The first-order chi connectivity index (χ1) is 11.7. The zero-order chi connectivity index (χ0) is 16.8. The first-order valence-corrected chi connectivity index (χ1v) is 9.43. The Morgan fingerprint density at radius 3 is 3.08 bits per heavy atom. The number of hydrogen-bond acceptors (Lipinski definition) is 4. The molecule has 1 unspecified atom stereocenters. The first-order valence-electron chi connectivity index (χ1n) is 8.27. The van der Waals surface area contributed by atoms with Gasteiger partial charge in [0.05, 0.1) is 11.8 Å². The molecule has 126 valence electrons. The number of amides is 1. The van der Waals surface area contributed by atoms with E-state index in [0.717, 1.165) is 31.0 Å². The van der Waals surface area contributed by atoms with Crippen LogP contribution in [0.2, 0.25) is 0 Å². The number of hydrogen-bond donors (Lipinski definition) is 1. The van der Waals surface area contributed by atoms with Crippen molar-refractivity contribution in [3.8, 4) is 0 Å². The van der Waals surface area contributed by atoms with E-state index in [1.165, 1.54) is 11.1 Å². The SMILES string of the molecule is Cc1cccc(CSCC(=O)N2CCNCC2c2cccnc2)c1. The number of thioether (sulfide) groups is 1. The molecule has 24 heavy (non-hydrogen) atoms. The molecule has 1 amide bonds. The Kier molecular flexibility index (Phi) is 5.88. The molecule has 3 rings (SSSR count). The highest BCUT2D eigenvalue weighted by Crippen LogP contribution is 2.23. The number of nitrogens with one attached hydrogen (secondary N) is 1. The standard InChI is InChI=1S/C19H23N3OS/c1-15-4-2-5-16(10-15)13-24-14-19(23)22-9-8-21-12-18(22)17-6-3-7-20-11-17/h2-7,10-11,18,21H,8-9,12-14H2,1H3. The van der Waals surface area contributed by atoms with Gasteiger partial charge in [-0.1, -0.05) is 35.9 Å². The second-order valence-electron chi connectivity index (χ2n) is 6.08. The predicted octanol–water partition coefficient (Wildman–Crippen LogP) is 2.80. The summed E-state index contributed by atoms with van der Waals surface area (Å²) in [5.74, 6) is 1.60. The van der Waals surface area contributed by atoms with Crippen molar-refractivity contribution in [2.45, 2.75) is 18.7 Å². The molecule has 1 atom stereocenters. The lowest BCUT2D eigenvalue weighted by atomic mass is 10.1. The van der Waals surface area contributed by atoms with E-state index in [2.05, 4.69) is 41.5 Å². The molecule has 0 saturated carbocycles. The number of piperazine rings is 1. The summed E-state index contributed by atoms with van der Waals surface area (Å²) in [5.41, 5.74) is 3.64. The second kappa shape index (κ2) is 8.31. The Balaban J connectivity index is 1.58. The van der Waals surface area contributed by atoms with E-state index in [9.17, 15) is 4.79 Å². The average molecular weight is 341 g/mol. The monoisotopic (exact) mass is 341 g/mol. The quantitative estimate of drug-likeness (QED) is 0.908. The molecular formula is C19H23N3OS. The smallest absolute Gasteiger partial charge is 0.233 e. The molecular weight excluding hydrogens is 318 g/mol. The van der Waals surface area contributed by atoms with Gasteiger partial charge in [-0.3, -0.25) is 9.78 Å². The third-order valence-electron chi connectivity index (χ3n) is 4.21. The average Bonchev–Trinajstić information content (AvgIpc) is 2.62. The summed E-state index contributed by atoms with van der Waals surface area (Å²) in [6, 6.07) is 12.5. The van der Waals surface area contributed by atoms with E-state index in [-0.39, 0.29) is 11.9 Å². The van der Waals surface area contributed by atoms with Crippen molar-refractivity contribution >= 4 is 17.7 Å². The molecule has 1 aliphatic rings. The van der Waals surface area contributed by atoms with Crippen molar-refractivity contribution in [2.75, 3.05) is 25.4 Å². The minimum absolute atomic E-state index is 0.0829. The van der Waals surface area contributed by atoms with Crippen LogP contribution in [0.5, 0.6) is 0 Å². The third kappa shape index (κ3) is 4.36. The van der Waals surface area contributed by atoms with Gasteiger partial charge in [-0.05, 0) is 24.1 Å². The van der Waals surface area contributed by atoms with Gasteiger partial charge in [-0.2, -0.15) is 0 Å². The number of pyridine rings is 1. The van der Waals surface area contributed by atoms with Crippen molar-refractivity contribution in [3.63, 3.8) is 0 Å². The highest BCUT2D eigenvalue weighted by molar-refractivity contribution is 7.99. The Bertz CT molecular complexity index is 677. The van der Waals surface area contributed by atoms with Crippen LogP contribution >= 0.6 is 11.8 Å². The van der Waals surface area contributed by atoms with Crippen LogP contribution in [0.25, 0.3) is 0 Å². The lowest BCUT2D eigenvalue weighted by Crippen LogP contribution is -2.49. The molecule has 1 aromatic carbocycles. The van der Waals surface area contributed by atoms with Gasteiger partial charge in [0.25, 0.3) is 0 Å². The van der Waals surface area contributed by atoms with Crippen LogP contribution in [-0.2, 0) is 10.5 Å². The fourth-order valence-corrected chi connectivity index (χ4v) is 3.87. The number of aryl methyl sites for hydroxylation is 1. The van der Waals surface area contributed by atoms with Crippen LogP contribution in [0, 0.1) is 6.92 Å². The van der Waals surface area contributed by atoms with Crippen LogP contribution < -0.4 is 5.32 Å². The topological polar surface area (TPSA) is 45.2 Å². The lowest BCUT2D eigenvalue weighted by Gasteiger charge is -2.36. The lowest BCUT2D eigenvalue weighted by molar-refractivity contribution is -0.131. The summed E-state index contributed by atoms with van der Waals surface area (Å²) in [6.45, 7) is 4.49. The molecule has 0 aliphatic carbocycles. The molecule has 1 aliphatic heterocycles. The zero-order valence-corrected chi connectivity index (χ0v) is 14.8. The maximum Gasteiger partial charge on any atom is 0.233 e. The van der Waals surface area contributed by atoms with Crippen LogP contribution in [-0.4, -0.2) is 41.2 Å². The number of benzene rings is 1. The second-order valence-corrected chi connectivity index (χ2v) is 7.06. The van der Waals surface area contributed by atoms with E-state index in [4.69, 9.17) is 0 Å². The van der Waals surface area contributed by atoms with Gasteiger partial charge >= 0.3 is 0 Å². The summed E-state index contributed by atoms with van der Waals surface area (Å²) in [7, 11) is 0. The molecule has 2 heterocycles. The van der Waals surface area contributed by atoms with Gasteiger partial charge < -0.3 is 10.2 Å². The molecule has 0 spiro atoms. The van der Waals surface area contributed by atoms with Crippen LogP contribution in [0.4, 0.5) is 0 Å². The highest BCUT2D eigenvalue weighted by atomic mass is 32.2. The summed E-state index contributed by atoms with van der Waals surface area (Å²) < 4.78 is 0. The molecule has 0 bridgehead atoms. The highest BCUT2D eigenvalue weighted by Gasteiger charge is 2.27. The molecule has 4 nitrogen and oxygen atoms in total. The van der Waals surface area contributed by atoms with Crippen LogP contribution in [0.3, 0.4) is 0 Å². The van der Waals surface area contributed by atoms with Crippen molar-refractivity contribution in [1.29, 1.82) is 0 Å². The summed E-state index contributed by atoms with van der Waals surface area (Å²) in [6.07, 6.45) is 3.63. The molecule has 1 aromatic heterocycles. The fraction of sp³-hybridized carbons (Fsp3) is 0.368. The maximum absolute atomic E-state index is 12.7. The van der Waals surface area contributed by atoms with Crippen LogP contribution in [0.1, 0.15) is 22.7 Å². The van der Waals surface area contributed by atoms with Gasteiger partial charge in [0.1, 0.15) is 0 Å². The van der Waals surface area contributed by atoms with Crippen LogP contribution in [0.15, 0.2) is 48.8 Å². The minimum Gasteiger partial charge on any atom is -0.332 e. The molecule has 1 saturated heterocycles. The Morgan fingerprint density at radius 1 is 1.38 bits per heavy atom. The molecule has 0 radical (unpaired) electrons. The normalized spacial score (nSPS) is 17.7. The van der Waals surface area contributed by atoms with Gasteiger partial charge in [0, 0.05) is 37.8 Å². The fourth-order valence-electron chi connectivity index (χ4n) is 3.01. The van der Waals surface area contributed by atoms with E-state index >= 15 is 0 Å². The molecule has 2 aromatic rings. The van der Waals surface area contributed by atoms with Crippen molar-refractivity contribution in [2.24, 2.45) is 0 Å². The number of carbonyl (C=O) groups is 1. The summed E-state index contributed by atoms with van der Waals surface area (Å²) in [4.78, 5) is 18.9. The maximum atomic E-state index is 12.7. The number of carbonyl (C=O) groups excluding carboxylic acids is 1. The third-order valence-corrected chi connectivity index (χ3v) is 5.20. The Hall–Kier alpha value is -1.85. The number of nitrogens with zero attached hydrogens (tertiary/aromatic N) is 2. The summed E-state index contributed by atoms with van der Waals surface area (Å²) in [5, 5.41) is 3.38. The zero-order valence-electron chi connectivity index (χ0n) is 13.9. The minimum atomic E-state index is 0.0829. The summed E-state index contributed by atoms with van der Waals surface area (Å²) >= 11 is 1.69. The van der Waals surface area contributed by atoms with Crippen molar-refractivity contribution < 1.29 is 4.79 Å². The van der Waals surface area contributed by atoms with Crippen molar-refractivity contribution in [3.05, 3.63) is 65.5 Å². The van der Waals surface area contributed by atoms with E-state index < -0.39 is 0 Å². The van der Waals surface area contributed by atoms with Gasteiger partial charge in [-0.15, -0.1) is 11.8 Å². The molecule has 1 fully saturated rings. The predicted molar refractivity (Wildman–Crippen MR) is 98.9 cm³/mol. The largest absolute Gasteiger partial charge is 0.332 e. The van der Waals surface area contributed by atoms with Gasteiger partial charge in [0.15, 0.2) is 0 Å². The Morgan fingerprint density at radius 2 is 2.29 bits per heavy atom. The van der Waals surface area contributed by atoms with E-state index in [1.54, 1.807) is 18.0 Å². The number of rotatable bonds is 5. The first kappa shape index (κ1) is 17.0. The van der Waals surface area contributed by atoms with E-state index in [1.807, 2.05) is 23.2 Å². The van der Waals surface area contributed by atoms with Crippen molar-refractivity contribution in [1.82, 2.24) is 15.2 Å². The van der Waals surface area contributed by atoms with Gasteiger partial charge in [-0.25, -0.2) is 0 Å². The molecule has 5 heteroatoms.